The first-order valence-corrected chi connectivity index (χ1v) is 11.2. The second-order valence-electron chi connectivity index (χ2n) is 7.88. The van der Waals surface area contributed by atoms with E-state index in [4.69, 9.17) is 11.5 Å². The molecule has 2 aromatic carbocycles. The molecule has 9 heteroatoms. The molecular formula is C25H36Cl2N4O3. The maximum absolute atomic E-state index is 12.1. The summed E-state index contributed by atoms with van der Waals surface area (Å²) in [5, 5.41) is 4.91. The number of imide groups is 1. The normalized spacial score (nSPS) is 10.9. The zero-order valence-electron chi connectivity index (χ0n) is 19.3. The van der Waals surface area contributed by atoms with Crippen LogP contribution >= 0.6 is 24.8 Å². The van der Waals surface area contributed by atoms with Crippen LogP contribution in [0, 0.1) is 0 Å². The van der Waals surface area contributed by atoms with Gasteiger partial charge in [0.1, 0.15) is 0 Å². The topological polar surface area (TPSA) is 127 Å². The van der Waals surface area contributed by atoms with Gasteiger partial charge in [-0.3, -0.25) is 19.7 Å². The highest BCUT2D eigenvalue weighted by molar-refractivity contribution is 5.96. The number of benzene rings is 2. The Kier molecular flexibility index (Phi) is 16.7. The van der Waals surface area contributed by atoms with Crippen LogP contribution in [0.2, 0.25) is 0 Å². The van der Waals surface area contributed by atoms with Crippen LogP contribution in [0.15, 0.2) is 54.6 Å². The fraction of sp³-hybridized carbons (Fsp3) is 0.400. The summed E-state index contributed by atoms with van der Waals surface area (Å²) in [4.78, 5) is 35.6. The van der Waals surface area contributed by atoms with Gasteiger partial charge in [-0.15, -0.1) is 24.8 Å². The average molecular weight is 511 g/mol. The third-order valence-corrected chi connectivity index (χ3v) is 5.16. The lowest BCUT2D eigenvalue weighted by molar-refractivity contribution is -0.130. The van der Waals surface area contributed by atoms with Gasteiger partial charge in [0.2, 0.25) is 17.7 Å². The number of carbonyl (C=O) groups is 3. The van der Waals surface area contributed by atoms with Crippen molar-refractivity contribution in [1.82, 2.24) is 10.6 Å². The number of carbonyl (C=O) groups excluding carboxylic acids is 3. The Labute approximate surface area is 214 Å². The van der Waals surface area contributed by atoms with Crippen LogP contribution < -0.4 is 22.1 Å². The summed E-state index contributed by atoms with van der Waals surface area (Å²) >= 11 is 0. The molecule has 3 amide bonds. The number of nitrogens with two attached hydrogens (primary N) is 2. The van der Waals surface area contributed by atoms with Crippen LogP contribution in [0.5, 0.6) is 0 Å². The van der Waals surface area contributed by atoms with Crippen molar-refractivity contribution >= 4 is 42.5 Å². The first-order valence-electron chi connectivity index (χ1n) is 11.2. The van der Waals surface area contributed by atoms with Crippen LogP contribution in [0.3, 0.4) is 0 Å². The SMILES string of the molecule is Cl.Cl.NCC[C@H](N)C(=O)NCCC(=O)NC(=O)Cc1ccc(CCCCc2ccccc2)cc1. The second kappa shape index (κ2) is 18.0. The highest BCUT2D eigenvalue weighted by Crippen LogP contribution is 2.11. The van der Waals surface area contributed by atoms with Gasteiger partial charge in [-0.2, -0.15) is 0 Å². The highest BCUT2D eigenvalue weighted by Gasteiger charge is 2.13. The Balaban J connectivity index is 0.00000544. The Bertz CT molecular complexity index is 864. The van der Waals surface area contributed by atoms with Crippen molar-refractivity contribution in [2.24, 2.45) is 11.5 Å². The molecule has 2 aromatic rings. The molecule has 0 radical (unpaired) electrons. The van der Waals surface area contributed by atoms with Crippen molar-refractivity contribution in [2.45, 2.75) is 51.0 Å². The van der Waals surface area contributed by atoms with E-state index in [-0.39, 0.29) is 56.0 Å². The minimum absolute atomic E-state index is 0. The number of hydrogen-bond donors (Lipinski definition) is 4. The molecule has 0 spiro atoms. The molecule has 2 rings (SSSR count). The summed E-state index contributed by atoms with van der Waals surface area (Å²) in [7, 11) is 0. The zero-order valence-corrected chi connectivity index (χ0v) is 21.0. The molecule has 0 aliphatic carbocycles. The molecule has 0 aliphatic rings. The smallest absolute Gasteiger partial charge is 0.236 e. The van der Waals surface area contributed by atoms with Gasteiger partial charge in [-0.25, -0.2) is 0 Å². The standard InChI is InChI=1S/C25H34N4O3.2ClH/c26-16-14-22(27)25(32)28-17-15-23(30)29-24(31)18-21-12-10-20(11-13-21)9-5-4-8-19-6-2-1-3-7-19;;/h1-3,6-7,10-13,22H,4-5,8-9,14-18,26-27H2,(H,28,32)(H,29,30,31);2*1H/t22-;;/m0../s1. The molecule has 0 aliphatic heterocycles. The van der Waals surface area contributed by atoms with Gasteiger partial charge in [0.25, 0.3) is 0 Å². The van der Waals surface area contributed by atoms with Crippen molar-refractivity contribution in [1.29, 1.82) is 0 Å². The van der Waals surface area contributed by atoms with E-state index < -0.39 is 11.9 Å². The molecule has 1 atom stereocenters. The number of halogens is 2. The number of unbranched alkanes of at least 4 members (excludes halogenated alkanes) is 1. The van der Waals surface area contributed by atoms with Crippen LogP contribution in [0.1, 0.15) is 42.4 Å². The third kappa shape index (κ3) is 12.7. The van der Waals surface area contributed by atoms with Crippen molar-refractivity contribution in [3.63, 3.8) is 0 Å². The van der Waals surface area contributed by atoms with Gasteiger partial charge in [-0.1, -0.05) is 54.6 Å². The zero-order chi connectivity index (χ0) is 23.2. The molecule has 6 N–H and O–H groups in total. The Morgan fingerprint density at radius 1 is 0.794 bits per heavy atom. The molecule has 0 heterocycles. The van der Waals surface area contributed by atoms with Gasteiger partial charge in [0.15, 0.2) is 0 Å². The van der Waals surface area contributed by atoms with E-state index in [1.165, 1.54) is 11.1 Å². The summed E-state index contributed by atoms with van der Waals surface area (Å²) in [6, 6.07) is 17.7. The Hall–Kier alpha value is -2.45. The quantitative estimate of drug-likeness (QED) is 0.307. The van der Waals surface area contributed by atoms with E-state index in [0.29, 0.717) is 13.0 Å². The van der Waals surface area contributed by atoms with Crippen molar-refractivity contribution in [3.8, 4) is 0 Å². The molecule has 0 saturated carbocycles. The molecule has 0 unspecified atom stereocenters. The van der Waals surface area contributed by atoms with Crippen molar-refractivity contribution in [2.75, 3.05) is 13.1 Å². The fourth-order valence-electron chi connectivity index (χ4n) is 3.32. The maximum atomic E-state index is 12.1. The van der Waals surface area contributed by atoms with Gasteiger partial charge < -0.3 is 16.8 Å². The lowest BCUT2D eigenvalue weighted by Gasteiger charge is -2.11. The van der Waals surface area contributed by atoms with Crippen LogP contribution in [-0.4, -0.2) is 36.9 Å². The number of amides is 3. The van der Waals surface area contributed by atoms with Crippen LogP contribution in [0.4, 0.5) is 0 Å². The predicted molar refractivity (Wildman–Crippen MR) is 140 cm³/mol. The van der Waals surface area contributed by atoms with Gasteiger partial charge in [0.05, 0.1) is 12.5 Å². The van der Waals surface area contributed by atoms with E-state index in [2.05, 4.69) is 34.9 Å². The van der Waals surface area contributed by atoms with Gasteiger partial charge in [-0.05, 0) is 55.3 Å². The lowest BCUT2D eigenvalue weighted by Crippen LogP contribution is -2.43. The average Bonchev–Trinajstić information content (AvgIpc) is 2.78. The van der Waals surface area contributed by atoms with E-state index in [1.54, 1.807) is 0 Å². The fourth-order valence-corrected chi connectivity index (χ4v) is 3.32. The minimum atomic E-state index is -0.684. The molecule has 0 bridgehead atoms. The number of hydrogen-bond acceptors (Lipinski definition) is 5. The number of aryl methyl sites for hydroxylation is 2. The second-order valence-corrected chi connectivity index (χ2v) is 7.88. The number of nitrogens with one attached hydrogen (secondary N) is 2. The molecule has 0 aromatic heterocycles. The van der Waals surface area contributed by atoms with Crippen LogP contribution in [-0.2, 0) is 33.6 Å². The van der Waals surface area contributed by atoms with Crippen molar-refractivity contribution < 1.29 is 14.4 Å². The van der Waals surface area contributed by atoms with Crippen LogP contribution in [0.25, 0.3) is 0 Å². The molecular weight excluding hydrogens is 475 g/mol. The van der Waals surface area contributed by atoms with E-state index in [0.717, 1.165) is 31.2 Å². The monoisotopic (exact) mass is 510 g/mol. The summed E-state index contributed by atoms with van der Waals surface area (Å²) < 4.78 is 0. The van der Waals surface area contributed by atoms with E-state index >= 15 is 0 Å². The van der Waals surface area contributed by atoms with Crippen molar-refractivity contribution in [3.05, 3.63) is 71.3 Å². The molecule has 7 nitrogen and oxygen atoms in total. The Morgan fingerprint density at radius 3 is 1.94 bits per heavy atom. The molecule has 34 heavy (non-hydrogen) atoms. The van der Waals surface area contributed by atoms with E-state index in [9.17, 15) is 14.4 Å². The maximum Gasteiger partial charge on any atom is 0.236 e. The summed E-state index contributed by atoms with van der Waals surface area (Å²) in [5.41, 5.74) is 14.4. The van der Waals surface area contributed by atoms with Gasteiger partial charge >= 0.3 is 0 Å². The largest absolute Gasteiger partial charge is 0.354 e. The lowest BCUT2D eigenvalue weighted by atomic mass is 10.0. The highest BCUT2D eigenvalue weighted by atomic mass is 35.5. The minimum Gasteiger partial charge on any atom is -0.354 e. The molecule has 0 saturated heterocycles. The summed E-state index contributed by atoms with van der Waals surface area (Å²) in [6.07, 6.45) is 4.84. The van der Waals surface area contributed by atoms with Gasteiger partial charge in [0, 0.05) is 13.0 Å². The Morgan fingerprint density at radius 2 is 1.35 bits per heavy atom. The number of rotatable bonds is 13. The first-order chi connectivity index (χ1) is 15.5. The predicted octanol–water partition coefficient (Wildman–Crippen LogP) is 2.46. The van der Waals surface area contributed by atoms with E-state index in [1.807, 2.05) is 30.3 Å². The summed E-state index contributed by atoms with van der Waals surface area (Å²) in [6.45, 7) is 0.438. The first kappa shape index (κ1) is 31.6. The third-order valence-electron chi connectivity index (χ3n) is 5.16. The summed E-state index contributed by atoms with van der Waals surface area (Å²) in [5.74, 6) is -1.15. The molecule has 188 valence electrons. The molecule has 0 fully saturated rings.